The van der Waals surface area contributed by atoms with Crippen molar-refractivity contribution in [1.82, 2.24) is 0 Å². The summed E-state index contributed by atoms with van der Waals surface area (Å²) >= 11 is 0. The molecule has 0 heteroatoms. The van der Waals surface area contributed by atoms with Gasteiger partial charge in [-0.2, -0.15) is 0 Å². The van der Waals surface area contributed by atoms with Crippen LogP contribution in [0.25, 0.3) is 0 Å². The van der Waals surface area contributed by atoms with Gasteiger partial charge in [0.05, 0.1) is 0 Å². The van der Waals surface area contributed by atoms with E-state index in [4.69, 9.17) is 0 Å². The molecule has 0 nitrogen and oxygen atoms in total. The average Bonchev–Trinajstić information content (AvgIpc) is 2.50. The van der Waals surface area contributed by atoms with Crippen LogP contribution < -0.4 is 0 Å². The molecule has 22 heavy (non-hydrogen) atoms. The molecule has 0 aliphatic heterocycles. The fourth-order valence-electron chi connectivity index (χ4n) is 3.24. The van der Waals surface area contributed by atoms with Crippen molar-refractivity contribution in [2.75, 3.05) is 0 Å². The molecule has 0 rings (SSSR count). The summed E-state index contributed by atoms with van der Waals surface area (Å²) in [5.74, 6) is 1.82. The van der Waals surface area contributed by atoms with Crippen LogP contribution in [0, 0.1) is 25.7 Å². The Morgan fingerprint density at radius 1 is 0.727 bits per heavy atom. The second kappa shape index (κ2) is 17.1. The maximum Gasteiger partial charge on any atom is -0.0316 e. The molecule has 0 aliphatic rings. The van der Waals surface area contributed by atoms with Gasteiger partial charge in [0.1, 0.15) is 0 Å². The van der Waals surface area contributed by atoms with Crippen LogP contribution in [0.5, 0.6) is 0 Å². The highest BCUT2D eigenvalue weighted by Crippen LogP contribution is 2.25. The third kappa shape index (κ3) is 14.7. The predicted octanol–water partition coefficient (Wildman–Crippen LogP) is 7.94. The molecule has 0 fully saturated rings. The van der Waals surface area contributed by atoms with Gasteiger partial charge in [0.15, 0.2) is 0 Å². The fourth-order valence-corrected chi connectivity index (χ4v) is 3.24. The summed E-state index contributed by atoms with van der Waals surface area (Å²) in [5, 5.41) is 0. The Morgan fingerprint density at radius 3 is 1.73 bits per heavy atom. The van der Waals surface area contributed by atoms with E-state index >= 15 is 0 Å². The highest BCUT2D eigenvalue weighted by molar-refractivity contribution is 4.83. The molecule has 0 saturated heterocycles. The van der Waals surface area contributed by atoms with Crippen molar-refractivity contribution in [3.8, 4) is 0 Å². The summed E-state index contributed by atoms with van der Waals surface area (Å²) in [6, 6.07) is 0. The number of rotatable bonds is 16. The van der Waals surface area contributed by atoms with Gasteiger partial charge < -0.3 is 0 Å². The summed E-state index contributed by atoms with van der Waals surface area (Å²) < 4.78 is 0. The molecule has 1 unspecified atom stereocenters. The van der Waals surface area contributed by atoms with Gasteiger partial charge >= 0.3 is 0 Å². The fraction of sp³-hybridized carbons (Fsp3) is 0.818. The predicted molar refractivity (Wildman–Crippen MR) is 103 cm³/mol. The lowest BCUT2D eigenvalue weighted by Gasteiger charge is -2.20. The Balaban J connectivity index is 3.53. The first-order valence-electron chi connectivity index (χ1n) is 9.95. The third-order valence-electron chi connectivity index (χ3n) is 4.88. The van der Waals surface area contributed by atoms with Gasteiger partial charge in [0, 0.05) is 0 Å². The lowest BCUT2D eigenvalue weighted by molar-refractivity contribution is 0.313. The zero-order chi connectivity index (χ0) is 16.5. The van der Waals surface area contributed by atoms with Crippen LogP contribution in [0.4, 0.5) is 0 Å². The molecule has 0 saturated carbocycles. The zero-order valence-electron chi connectivity index (χ0n) is 15.6. The lowest BCUT2D eigenvalue weighted by Crippen LogP contribution is -2.08. The molecule has 0 bridgehead atoms. The Bertz CT molecular complexity index is 226. The normalized spacial score (nSPS) is 13.3. The van der Waals surface area contributed by atoms with Gasteiger partial charge in [0.2, 0.25) is 0 Å². The molecular formula is C22H42. The van der Waals surface area contributed by atoms with Crippen molar-refractivity contribution in [2.45, 2.75) is 104 Å². The van der Waals surface area contributed by atoms with E-state index in [0.717, 1.165) is 18.3 Å². The van der Waals surface area contributed by atoms with Crippen LogP contribution in [0.1, 0.15) is 104 Å². The Kier molecular flexibility index (Phi) is 16.9. The minimum absolute atomic E-state index is 0.861. The monoisotopic (exact) mass is 306 g/mol. The van der Waals surface area contributed by atoms with Gasteiger partial charge in [-0.15, -0.1) is 0 Å². The van der Waals surface area contributed by atoms with E-state index in [0.29, 0.717) is 0 Å². The number of hydrogen-bond acceptors (Lipinski definition) is 0. The molecule has 0 aromatic rings. The van der Waals surface area contributed by atoms with Crippen molar-refractivity contribution in [3.05, 3.63) is 26.0 Å². The molecular weight excluding hydrogens is 264 g/mol. The van der Waals surface area contributed by atoms with E-state index in [9.17, 15) is 0 Å². The first-order chi connectivity index (χ1) is 10.7. The maximum atomic E-state index is 3.91. The minimum atomic E-state index is 0.861. The molecule has 2 radical (unpaired) electrons. The van der Waals surface area contributed by atoms with Gasteiger partial charge in [-0.1, -0.05) is 110 Å². The lowest BCUT2D eigenvalue weighted by atomic mass is 9.85. The van der Waals surface area contributed by atoms with Gasteiger partial charge in [0.25, 0.3) is 0 Å². The summed E-state index contributed by atoms with van der Waals surface area (Å²) in [6.07, 6.45) is 23.4. The first kappa shape index (κ1) is 21.7. The van der Waals surface area contributed by atoms with Crippen LogP contribution in [-0.4, -0.2) is 0 Å². The molecule has 0 N–H and O–H groups in total. The smallest absolute Gasteiger partial charge is 0.0316 e. The van der Waals surface area contributed by atoms with Crippen molar-refractivity contribution >= 4 is 0 Å². The quantitative estimate of drug-likeness (QED) is 0.254. The van der Waals surface area contributed by atoms with E-state index in [2.05, 4.69) is 33.8 Å². The Morgan fingerprint density at radius 2 is 1.23 bits per heavy atom. The Hall–Kier alpha value is -0.260. The van der Waals surface area contributed by atoms with Crippen LogP contribution in [0.15, 0.2) is 12.2 Å². The van der Waals surface area contributed by atoms with E-state index in [1.807, 2.05) is 6.08 Å². The second-order valence-corrected chi connectivity index (χ2v) is 7.23. The van der Waals surface area contributed by atoms with Crippen molar-refractivity contribution in [1.29, 1.82) is 0 Å². The number of allylic oxidation sites excluding steroid dienone is 2. The van der Waals surface area contributed by atoms with E-state index in [1.165, 1.54) is 83.5 Å². The van der Waals surface area contributed by atoms with Crippen molar-refractivity contribution in [2.24, 2.45) is 11.8 Å². The van der Waals surface area contributed by atoms with Crippen LogP contribution in [-0.2, 0) is 0 Å². The van der Waals surface area contributed by atoms with Crippen molar-refractivity contribution < 1.29 is 0 Å². The summed E-state index contributed by atoms with van der Waals surface area (Å²) in [6.45, 7) is 12.5. The van der Waals surface area contributed by atoms with E-state index in [1.54, 1.807) is 0 Å². The maximum absolute atomic E-state index is 3.91. The molecule has 1 atom stereocenters. The largest absolute Gasteiger partial charge is 0.0885 e. The summed E-state index contributed by atoms with van der Waals surface area (Å²) in [7, 11) is 0. The van der Waals surface area contributed by atoms with Gasteiger partial charge in [-0.3, -0.25) is 0 Å². The highest BCUT2D eigenvalue weighted by atomic mass is 14.2. The van der Waals surface area contributed by atoms with E-state index < -0.39 is 0 Å². The molecule has 0 aliphatic carbocycles. The van der Waals surface area contributed by atoms with Crippen molar-refractivity contribution in [3.63, 3.8) is 0 Å². The number of hydrogen-bond donors (Lipinski definition) is 0. The summed E-state index contributed by atoms with van der Waals surface area (Å²) in [4.78, 5) is 0. The second-order valence-electron chi connectivity index (χ2n) is 7.23. The molecule has 0 spiro atoms. The SMILES string of the molecule is [CH2]C=CCCCCCCC(CCCCCCCC[CH2])C(C)C. The minimum Gasteiger partial charge on any atom is -0.0885 e. The third-order valence-corrected chi connectivity index (χ3v) is 4.88. The first-order valence-corrected chi connectivity index (χ1v) is 9.95. The van der Waals surface area contributed by atoms with E-state index in [-0.39, 0.29) is 0 Å². The molecule has 0 aromatic carbocycles. The van der Waals surface area contributed by atoms with Crippen LogP contribution in [0.3, 0.4) is 0 Å². The van der Waals surface area contributed by atoms with Crippen LogP contribution >= 0.6 is 0 Å². The van der Waals surface area contributed by atoms with Crippen LogP contribution in [0.2, 0.25) is 0 Å². The standard InChI is InChI=1S/C22H42/c1-5-7-9-11-13-15-17-19-22(21(3)4)20-18-16-14-12-10-8-6-2/h5,7,21-22H,1-2,6,8-20H2,3-4H3. The topological polar surface area (TPSA) is 0 Å². The highest BCUT2D eigenvalue weighted by Gasteiger charge is 2.12. The number of unbranched alkanes of at least 4 members (excludes halogenated alkanes) is 10. The molecule has 0 heterocycles. The zero-order valence-corrected chi connectivity index (χ0v) is 15.6. The summed E-state index contributed by atoms with van der Waals surface area (Å²) in [5.41, 5.74) is 0. The molecule has 0 amide bonds. The Labute approximate surface area is 142 Å². The average molecular weight is 307 g/mol. The van der Waals surface area contributed by atoms with Gasteiger partial charge in [-0.25, -0.2) is 0 Å². The molecule has 130 valence electrons. The molecule has 0 aromatic heterocycles. The van der Waals surface area contributed by atoms with Gasteiger partial charge in [-0.05, 0) is 31.6 Å².